The zero-order valence-corrected chi connectivity index (χ0v) is 15.9. The second-order valence-corrected chi connectivity index (χ2v) is 8.21. The molecular weight excluding hydrogens is 408 g/mol. The van der Waals surface area contributed by atoms with E-state index in [1.54, 1.807) is 0 Å². The Balaban J connectivity index is 2.01. The van der Waals surface area contributed by atoms with Crippen molar-refractivity contribution in [3.05, 3.63) is 24.1 Å². The molecule has 0 heterocycles. The van der Waals surface area contributed by atoms with Crippen LogP contribution >= 0.6 is 0 Å². The van der Waals surface area contributed by atoms with E-state index in [1.165, 1.54) is 38.2 Å². The number of alkyl halides is 5. The molecule has 0 aliphatic heterocycles. The SMILES string of the molecule is OC(C/C=C/C1CCC(C2CCCCC2)CC1)(C(F)(F)F)C(F)(F)C(F)=C(F)F. The predicted molar refractivity (Wildman–Crippen MR) is 92.1 cm³/mol. The number of hydrogen-bond donors (Lipinski definition) is 1. The van der Waals surface area contributed by atoms with E-state index < -0.39 is 36.0 Å². The maximum Gasteiger partial charge on any atom is 0.423 e. The van der Waals surface area contributed by atoms with E-state index in [-0.39, 0.29) is 5.92 Å². The monoisotopic (exact) mass is 434 g/mol. The second-order valence-electron chi connectivity index (χ2n) is 8.21. The number of halogens is 8. The lowest BCUT2D eigenvalue weighted by Crippen LogP contribution is -2.59. The summed E-state index contributed by atoms with van der Waals surface area (Å²) in [6.07, 6.45) is -0.130. The molecule has 0 radical (unpaired) electrons. The summed E-state index contributed by atoms with van der Waals surface area (Å²) >= 11 is 0. The first-order valence-corrected chi connectivity index (χ1v) is 9.95. The first-order chi connectivity index (χ1) is 13.4. The Morgan fingerprint density at radius 2 is 1.31 bits per heavy atom. The Bertz CT molecular complexity index is 594. The Labute approximate surface area is 164 Å². The molecule has 2 fully saturated rings. The van der Waals surface area contributed by atoms with E-state index in [9.17, 15) is 40.2 Å². The van der Waals surface area contributed by atoms with Gasteiger partial charge in [0.25, 0.3) is 0 Å². The van der Waals surface area contributed by atoms with Gasteiger partial charge < -0.3 is 5.11 Å². The molecule has 0 spiro atoms. The molecule has 1 atom stereocenters. The molecule has 168 valence electrons. The minimum atomic E-state index is -6.01. The molecule has 0 amide bonds. The summed E-state index contributed by atoms with van der Waals surface area (Å²) in [5.74, 6) is -8.29. The van der Waals surface area contributed by atoms with Crippen molar-refractivity contribution in [1.29, 1.82) is 0 Å². The zero-order valence-electron chi connectivity index (χ0n) is 15.9. The van der Waals surface area contributed by atoms with Crippen LogP contribution in [0.15, 0.2) is 24.1 Å². The van der Waals surface area contributed by atoms with Crippen LogP contribution in [-0.2, 0) is 0 Å². The molecule has 0 saturated heterocycles. The van der Waals surface area contributed by atoms with Crippen molar-refractivity contribution in [2.24, 2.45) is 17.8 Å². The van der Waals surface area contributed by atoms with E-state index in [0.717, 1.165) is 12.8 Å². The maximum atomic E-state index is 13.7. The van der Waals surface area contributed by atoms with E-state index in [1.807, 2.05) is 0 Å². The highest BCUT2D eigenvalue weighted by Crippen LogP contribution is 2.49. The van der Waals surface area contributed by atoms with Gasteiger partial charge in [0.05, 0.1) is 0 Å². The molecule has 1 unspecified atom stereocenters. The summed E-state index contributed by atoms with van der Waals surface area (Å²) in [6, 6.07) is 0. The topological polar surface area (TPSA) is 20.2 Å². The zero-order chi connectivity index (χ0) is 21.9. The van der Waals surface area contributed by atoms with Crippen LogP contribution in [0.3, 0.4) is 0 Å². The molecule has 29 heavy (non-hydrogen) atoms. The summed E-state index contributed by atoms with van der Waals surface area (Å²) in [5.41, 5.74) is -4.96. The minimum absolute atomic E-state index is 0.140. The van der Waals surface area contributed by atoms with Crippen molar-refractivity contribution in [3.8, 4) is 0 Å². The summed E-state index contributed by atoms with van der Waals surface area (Å²) < 4.78 is 104. The van der Waals surface area contributed by atoms with Crippen LogP contribution < -0.4 is 0 Å². The molecule has 1 nitrogen and oxygen atoms in total. The van der Waals surface area contributed by atoms with Gasteiger partial charge in [-0.1, -0.05) is 44.3 Å². The van der Waals surface area contributed by atoms with Crippen molar-refractivity contribution in [2.75, 3.05) is 0 Å². The van der Waals surface area contributed by atoms with Crippen LogP contribution in [0.1, 0.15) is 64.2 Å². The van der Waals surface area contributed by atoms with Gasteiger partial charge >= 0.3 is 18.2 Å². The van der Waals surface area contributed by atoms with Crippen LogP contribution in [-0.4, -0.2) is 22.8 Å². The fraction of sp³-hybridized carbons (Fsp3) is 0.800. The molecule has 2 saturated carbocycles. The van der Waals surface area contributed by atoms with Crippen LogP contribution in [0.4, 0.5) is 35.1 Å². The standard InChI is InChI=1S/C20H26F8O/c21-16(17(22)23)19(24,25)18(29,20(26,27)28)12-4-5-13-8-10-15(11-9-13)14-6-2-1-3-7-14/h4-5,13-15,29H,1-3,6-12H2/b5-4+. The van der Waals surface area contributed by atoms with E-state index >= 15 is 0 Å². The van der Waals surface area contributed by atoms with Gasteiger partial charge in [0.1, 0.15) is 0 Å². The smallest absolute Gasteiger partial charge is 0.375 e. The third-order valence-electron chi connectivity index (χ3n) is 6.38. The third-order valence-corrected chi connectivity index (χ3v) is 6.38. The van der Waals surface area contributed by atoms with Crippen molar-refractivity contribution in [1.82, 2.24) is 0 Å². The van der Waals surface area contributed by atoms with Gasteiger partial charge in [-0.25, -0.2) is 0 Å². The summed E-state index contributed by atoms with van der Waals surface area (Å²) in [6.45, 7) is 0. The van der Waals surface area contributed by atoms with E-state index in [0.29, 0.717) is 30.8 Å². The highest BCUT2D eigenvalue weighted by Gasteiger charge is 2.71. The lowest BCUT2D eigenvalue weighted by molar-refractivity contribution is -0.324. The van der Waals surface area contributed by atoms with Crippen LogP contribution in [0, 0.1) is 17.8 Å². The normalized spacial score (nSPS) is 27.1. The molecule has 9 heteroatoms. The maximum absolute atomic E-state index is 13.7. The van der Waals surface area contributed by atoms with Crippen LogP contribution in [0.25, 0.3) is 0 Å². The van der Waals surface area contributed by atoms with Gasteiger partial charge in [-0.05, 0) is 43.4 Å². The number of allylic oxidation sites excluding steroid dienone is 1. The highest BCUT2D eigenvalue weighted by molar-refractivity contribution is 5.18. The van der Waals surface area contributed by atoms with E-state index in [2.05, 4.69) is 0 Å². The van der Waals surface area contributed by atoms with E-state index in [4.69, 9.17) is 0 Å². The van der Waals surface area contributed by atoms with Gasteiger partial charge in [-0.15, -0.1) is 0 Å². The van der Waals surface area contributed by atoms with Crippen molar-refractivity contribution < 1.29 is 40.2 Å². The summed E-state index contributed by atoms with van der Waals surface area (Å²) in [5, 5.41) is 9.50. The van der Waals surface area contributed by atoms with Crippen LogP contribution in [0.5, 0.6) is 0 Å². The third kappa shape index (κ3) is 5.33. The predicted octanol–water partition coefficient (Wildman–Crippen LogP) is 7.33. The molecule has 1 N–H and O–H groups in total. The molecular formula is C20H26F8O. The van der Waals surface area contributed by atoms with Gasteiger partial charge in [0.15, 0.2) is 0 Å². The van der Waals surface area contributed by atoms with Gasteiger partial charge in [-0.2, -0.15) is 35.1 Å². The first kappa shape index (κ1) is 24.2. The first-order valence-electron chi connectivity index (χ1n) is 9.95. The largest absolute Gasteiger partial charge is 0.423 e. The Kier molecular flexibility index (Phi) is 7.79. The average molecular weight is 434 g/mol. The summed E-state index contributed by atoms with van der Waals surface area (Å²) in [7, 11) is 0. The Morgan fingerprint density at radius 1 is 0.793 bits per heavy atom. The second kappa shape index (κ2) is 9.35. The van der Waals surface area contributed by atoms with Gasteiger partial charge in [0.2, 0.25) is 11.4 Å². The highest BCUT2D eigenvalue weighted by atomic mass is 19.4. The lowest BCUT2D eigenvalue weighted by Gasteiger charge is -2.36. The molecule has 2 aliphatic carbocycles. The molecule has 0 aromatic carbocycles. The number of hydrogen-bond acceptors (Lipinski definition) is 1. The molecule has 0 aromatic rings. The molecule has 2 rings (SSSR count). The molecule has 0 bridgehead atoms. The minimum Gasteiger partial charge on any atom is -0.375 e. The Morgan fingerprint density at radius 3 is 1.79 bits per heavy atom. The van der Waals surface area contributed by atoms with Crippen molar-refractivity contribution >= 4 is 0 Å². The van der Waals surface area contributed by atoms with Crippen LogP contribution in [0.2, 0.25) is 0 Å². The Hall–Kier alpha value is -1.12. The van der Waals surface area contributed by atoms with Crippen molar-refractivity contribution in [2.45, 2.75) is 81.9 Å². The fourth-order valence-corrected chi connectivity index (χ4v) is 4.57. The quantitative estimate of drug-likeness (QED) is 0.343. The van der Waals surface area contributed by atoms with Crippen molar-refractivity contribution in [3.63, 3.8) is 0 Å². The fourth-order valence-electron chi connectivity index (χ4n) is 4.57. The van der Waals surface area contributed by atoms with Gasteiger partial charge in [-0.3, -0.25) is 0 Å². The molecule has 0 aromatic heterocycles. The molecule has 2 aliphatic rings. The number of rotatable bonds is 6. The lowest BCUT2D eigenvalue weighted by atomic mass is 9.71. The van der Waals surface area contributed by atoms with Gasteiger partial charge in [0, 0.05) is 6.42 Å². The average Bonchev–Trinajstić information content (AvgIpc) is 2.67. The summed E-state index contributed by atoms with van der Waals surface area (Å²) in [4.78, 5) is 0. The number of aliphatic hydroxyl groups is 1.